The molecule has 2 atom stereocenters. The van der Waals surface area contributed by atoms with Crippen molar-refractivity contribution in [2.75, 3.05) is 6.54 Å². The minimum absolute atomic E-state index is 0.344. The van der Waals surface area contributed by atoms with Gasteiger partial charge >= 0.3 is 0 Å². The summed E-state index contributed by atoms with van der Waals surface area (Å²) in [5.74, 6) is 0.534. The summed E-state index contributed by atoms with van der Waals surface area (Å²) in [6, 6.07) is 15.7. The van der Waals surface area contributed by atoms with E-state index in [1.165, 1.54) is 5.56 Å². The van der Waals surface area contributed by atoms with Crippen molar-refractivity contribution in [2.24, 2.45) is 4.99 Å². The molecule has 1 aliphatic carbocycles. The minimum atomic E-state index is -1.03. The van der Waals surface area contributed by atoms with Crippen LogP contribution in [0.3, 0.4) is 0 Å². The van der Waals surface area contributed by atoms with Crippen molar-refractivity contribution in [1.82, 2.24) is 0 Å². The van der Waals surface area contributed by atoms with Gasteiger partial charge in [0, 0.05) is 15.6 Å². The van der Waals surface area contributed by atoms with Crippen molar-refractivity contribution < 1.29 is 9.13 Å². The molecular weight excluding hydrogens is 345 g/mol. The van der Waals surface area contributed by atoms with E-state index in [4.69, 9.17) is 4.74 Å². The number of aryl methyl sites for hydroxylation is 1. The third kappa shape index (κ3) is 2.09. The molecule has 0 saturated carbocycles. The van der Waals surface area contributed by atoms with E-state index in [1.54, 1.807) is 0 Å². The summed E-state index contributed by atoms with van der Waals surface area (Å²) >= 11 is 3.41. The Hall–Kier alpha value is -1.68. The zero-order valence-corrected chi connectivity index (χ0v) is 13.5. The average Bonchev–Trinajstić information content (AvgIpc) is 2.99. The summed E-state index contributed by atoms with van der Waals surface area (Å²) in [5, 5.41) is 0. The number of ether oxygens (including phenoxy) is 1. The topological polar surface area (TPSA) is 21.6 Å². The molecule has 0 aromatic heterocycles. The van der Waals surface area contributed by atoms with E-state index in [-0.39, 0.29) is 0 Å². The second-order valence-corrected chi connectivity index (χ2v) is 6.70. The fourth-order valence-electron chi connectivity index (χ4n) is 3.31. The molecule has 2 aromatic carbocycles. The van der Waals surface area contributed by atoms with E-state index in [1.807, 2.05) is 42.5 Å². The number of hydrogen-bond donors (Lipinski definition) is 0. The van der Waals surface area contributed by atoms with Crippen LogP contribution in [0.2, 0.25) is 0 Å². The van der Waals surface area contributed by atoms with Crippen LogP contribution in [0.1, 0.15) is 23.1 Å². The lowest BCUT2D eigenvalue weighted by Crippen LogP contribution is -2.44. The lowest BCUT2D eigenvalue weighted by Gasteiger charge is -2.37. The molecule has 0 fully saturated rings. The number of alkyl halides is 1. The van der Waals surface area contributed by atoms with Crippen LogP contribution in [0.25, 0.3) is 0 Å². The second-order valence-electron chi connectivity index (χ2n) is 5.78. The van der Waals surface area contributed by atoms with Crippen LogP contribution in [0.4, 0.5) is 4.39 Å². The van der Waals surface area contributed by atoms with Crippen LogP contribution in [0.5, 0.6) is 0 Å². The first-order chi connectivity index (χ1) is 10.7. The quantitative estimate of drug-likeness (QED) is 0.739. The molecule has 4 heteroatoms. The van der Waals surface area contributed by atoms with E-state index >= 15 is 0 Å². The van der Waals surface area contributed by atoms with Crippen LogP contribution in [0.15, 0.2) is 58.0 Å². The predicted octanol–water partition coefficient (Wildman–Crippen LogP) is 4.41. The summed E-state index contributed by atoms with van der Waals surface area (Å²) in [5.41, 5.74) is 2.06. The van der Waals surface area contributed by atoms with Crippen LogP contribution in [-0.4, -0.2) is 18.6 Å². The van der Waals surface area contributed by atoms with E-state index in [0.29, 0.717) is 18.9 Å². The van der Waals surface area contributed by atoms with Gasteiger partial charge in [0.1, 0.15) is 6.17 Å². The number of rotatable bonds is 1. The van der Waals surface area contributed by atoms with E-state index in [0.717, 1.165) is 22.0 Å². The van der Waals surface area contributed by atoms with Gasteiger partial charge in [0.05, 0.1) is 6.54 Å². The van der Waals surface area contributed by atoms with Crippen LogP contribution >= 0.6 is 15.9 Å². The predicted molar refractivity (Wildman–Crippen MR) is 88.0 cm³/mol. The van der Waals surface area contributed by atoms with Gasteiger partial charge in [-0.15, -0.1) is 0 Å². The van der Waals surface area contributed by atoms with Crippen molar-refractivity contribution >= 4 is 21.8 Å². The molecule has 1 heterocycles. The SMILES string of the molecule is F[C@H]1CCc2ccccc2[C@@]12CN=C(c1ccc(Br)cc1)O2. The first kappa shape index (κ1) is 13.9. The number of nitrogens with zero attached hydrogens (tertiary/aromatic N) is 1. The van der Waals surface area contributed by atoms with Crippen molar-refractivity contribution in [1.29, 1.82) is 0 Å². The standard InChI is InChI=1S/C18H15BrFNO/c19-14-8-5-13(6-9-14)17-21-11-18(22-17)15-4-2-1-3-12(15)7-10-16(18)20/h1-6,8-9,16H,7,10-11H2/t16-,18-/m0/s1. The summed E-state index contributed by atoms with van der Waals surface area (Å²) in [6.07, 6.45) is 0.218. The highest BCUT2D eigenvalue weighted by atomic mass is 79.9. The molecule has 22 heavy (non-hydrogen) atoms. The Bertz CT molecular complexity index is 743. The van der Waals surface area contributed by atoms with Gasteiger partial charge in [-0.3, -0.25) is 0 Å². The summed E-state index contributed by atoms with van der Waals surface area (Å²) in [7, 11) is 0. The molecule has 0 unspecified atom stereocenters. The largest absolute Gasteiger partial charge is 0.461 e. The highest BCUT2D eigenvalue weighted by molar-refractivity contribution is 9.10. The van der Waals surface area contributed by atoms with E-state index < -0.39 is 11.8 Å². The normalized spacial score (nSPS) is 26.5. The molecule has 0 amide bonds. The van der Waals surface area contributed by atoms with Gasteiger partial charge in [-0.05, 0) is 42.7 Å². The molecule has 2 aromatic rings. The fourth-order valence-corrected chi connectivity index (χ4v) is 3.57. The molecule has 0 saturated heterocycles. The average molecular weight is 360 g/mol. The van der Waals surface area contributed by atoms with Gasteiger partial charge in [0.25, 0.3) is 0 Å². The molecular formula is C18H15BrFNO. The number of fused-ring (bicyclic) bond motifs is 2. The van der Waals surface area contributed by atoms with Gasteiger partial charge in [0.2, 0.25) is 5.90 Å². The maximum Gasteiger partial charge on any atom is 0.217 e. The third-order valence-electron chi connectivity index (χ3n) is 4.47. The Morgan fingerprint density at radius 2 is 1.91 bits per heavy atom. The smallest absolute Gasteiger partial charge is 0.217 e. The number of halogens is 2. The Labute approximate surface area is 137 Å². The molecule has 1 aliphatic heterocycles. The zero-order valence-electron chi connectivity index (χ0n) is 11.9. The molecule has 0 radical (unpaired) electrons. The molecule has 2 nitrogen and oxygen atoms in total. The molecule has 1 spiro atoms. The number of aliphatic imine (C=N–C) groups is 1. The summed E-state index contributed by atoms with van der Waals surface area (Å²) < 4.78 is 21.9. The first-order valence-electron chi connectivity index (χ1n) is 7.41. The van der Waals surface area contributed by atoms with Crippen molar-refractivity contribution in [3.05, 3.63) is 69.7 Å². The molecule has 2 aliphatic rings. The van der Waals surface area contributed by atoms with E-state index in [9.17, 15) is 4.39 Å². The highest BCUT2D eigenvalue weighted by Crippen LogP contribution is 2.44. The van der Waals surface area contributed by atoms with Crippen LogP contribution < -0.4 is 0 Å². The Balaban J connectivity index is 1.71. The Morgan fingerprint density at radius 1 is 1.14 bits per heavy atom. The van der Waals surface area contributed by atoms with Crippen LogP contribution in [-0.2, 0) is 16.8 Å². The molecule has 112 valence electrons. The lowest BCUT2D eigenvalue weighted by molar-refractivity contribution is -0.0133. The molecule has 0 N–H and O–H groups in total. The fraction of sp³-hybridized carbons (Fsp3) is 0.278. The minimum Gasteiger partial charge on any atom is -0.461 e. The Kier molecular flexibility index (Phi) is 3.30. The molecule has 0 bridgehead atoms. The third-order valence-corrected chi connectivity index (χ3v) is 5.00. The van der Waals surface area contributed by atoms with Crippen LogP contribution in [0, 0.1) is 0 Å². The maximum atomic E-state index is 14.8. The first-order valence-corrected chi connectivity index (χ1v) is 8.20. The van der Waals surface area contributed by atoms with Gasteiger partial charge in [-0.25, -0.2) is 9.38 Å². The monoisotopic (exact) mass is 359 g/mol. The van der Waals surface area contributed by atoms with Crippen molar-refractivity contribution in [3.63, 3.8) is 0 Å². The molecule has 4 rings (SSSR count). The Morgan fingerprint density at radius 3 is 2.73 bits per heavy atom. The number of hydrogen-bond acceptors (Lipinski definition) is 2. The summed E-state index contributed by atoms with van der Waals surface area (Å²) in [4.78, 5) is 4.50. The number of benzene rings is 2. The van der Waals surface area contributed by atoms with Gasteiger partial charge in [-0.1, -0.05) is 40.2 Å². The lowest BCUT2D eigenvalue weighted by atomic mass is 9.78. The van der Waals surface area contributed by atoms with E-state index in [2.05, 4.69) is 27.0 Å². The van der Waals surface area contributed by atoms with Crippen molar-refractivity contribution in [2.45, 2.75) is 24.6 Å². The van der Waals surface area contributed by atoms with Gasteiger partial charge in [-0.2, -0.15) is 0 Å². The van der Waals surface area contributed by atoms with Crippen molar-refractivity contribution in [3.8, 4) is 0 Å². The maximum absolute atomic E-state index is 14.8. The zero-order chi connectivity index (χ0) is 15.2. The van der Waals surface area contributed by atoms with Gasteiger partial charge < -0.3 is 4.74 Å². The summed E-state index contributed by atoms with van der Waals surface area (Å²) in [6.45, 7) is 0.344. The second kappa shape index (κ2) is 5.20. The highest BCUT2D eigenvalue weighted by Gasteiger charge is 2.50. The van der Waals surface area contributed by atoms with Gasteiger partial charge in [0.15, 0.2) is 5.60 Å².